The van der Waals surface area contributed by atoms with Crippen LogP contribution in [0, 0.1) is 0 Å². The fraction of sp³-hybridized carbons (Fsp3) is 0.200. The van der Waals surface area contributed by atoms with Crippen LogP contribution in [0.4, 0.5) is 0 Å². The molecule has 21 heavy (non-hydrogen) atoms. The molecule has 0 atom stereocenters. The smallest absolute Gasteiger partial charge is 0.181 e. The van der Waals surface area contributed by atoms with E-state index in [4.69, 9.17) is 0 Å². The Balaban J connectivity index is 2.23. The van der Waals surface area contributed by atoms with Crippen LogP contribution in [0.25, 0.3) is 22.4 Å². The van der Waals surface area contributed by atoms with Gasteiger partial charge in [0, 0.05) is 23.3 Å². The van der Waals surface area contributed by atoms with Crippen molar-refractivity contribution in [3.05, 3.63) is 42.7 Å². The van der Waals surface area contributed by atoms with Gasteiger partial charge in [0.05, 0.1) is 10.1 Å². The number of rotatable bonds is 3. The van der Waals surface area contributed by atoms with Crippen molar-refractivity contribution in [3.63, 3.8) is 0 Å². The third kappa shape index (κ3) is 2.31. The van der Waals surface area contributed by atoms with E-state index in [0.29, 0.717) is 17.0 Å². The van der Waals surface area contributed by atoms with Crippen molar-refractivity contribution in [1.82, 2.24) is 15.0 Å². The van der Waals surface area contributed by atoms with Crippen molar-refractivity contribution in [1.29, 1.82) is 0 Å². The Labute approximate surface area is 123 Å². The number of sulfone groups is 1. The highest BCUT2D eigenvalue weighted by molar-refractivity contribution is 7.92. The highest BCUT2D eigenvalue weighted by atomic mass is 32.2. The standard InChI is InChI=1S/C15H15N3O2S/c1-10(2)21(19,20)13-6-4-3-5-12(13)15-17-9-11-7-8-16-14(11)18-15/h3-10H,1-2H3,(H,16,17,18). The van der Waals surface area contributed by atoms with Gasteiger partial charge in [-0.25, -0.2) is 18.4 Å². The predicted octanol–water partition coefficient (Wildman–Crippen LogP) is 2.81. The number of benzene rings is 1. The molecule has 3 rings (SSSR count). The third-order valence-electron chi connectivity index (χ3n) is 3.36. The van der Waals surface area contributed by atoms with E-state index >= 15 is 0 Å². The first-order valence-electron chi connectivity index (χ1n) is 6.63. The molecule has 0 amide bonds. The van der Waals surface area contributed by atoms with E-state index < -0.39 is 15.1 Å². The molecule has 0 saturated carbocycles. The summed E-state index contributed by atoms with van der Waals surface area (Å²) in [5, 5.41) is 0.399. The molecule has 6 heteroatoms. The van der Waals surface area contributed by atoms with Gasteiger partial charge in [0.15, 0.2) is 15.7 Å². The van der Waals surface area contributed by atoms with Crippen LogP contribution >= 0.6 is 0 Å². The first-order chi connectivity index (χ1) is 10.00. The van der Waals surface area contributed by atoms with Gasteiger partial charge in [0.25, 0.3) is 0 Å². The van der Waals surface area contributed by atoms with Crippen LogP contribution in [0.5, 0.6) is 0 Å². The van der Waals surface area contributed by atoms with Gasteiger partial charge in [-0.15, -0.1) is 0 Å². The molecule has 0 fully saturated rings. The predicted molar refractivity (Wildman–Crippen MR) is 81.6 cm³/mol. The Morgan fingerprint density at radius 1 is 1.14 bits per heavy atom. The molecule has 0 bridgehead atoms. The largest absolute Gasteiger partial charge is 0.346 e. The normalized spacial score (nSPS) is 12.1. The second-order valence-corrected chi connectivity index (χ2v) is 7.54. The van der Waals surface area contributed by atoms with Crippen molar-refractivity contribution in [2.75, 3.05) is 0 Å². The Kier molecular flexibility index (Phi) is 3.25. The summed E-state index contributed by atoms with van der Waals surface area (Å²) in [5.41, 5.74) is 1.22. The van der Waals surface area contributed by atoms with E-state index in [9.17, 15) is 8.42 Å². The van der Waals surface area contributed by atoms with E-state index in [1.807, 2.05) is 6.07 Å². The van der Waals surface area contributed by atoms with Gasteiger partial charge < -0.3 is 4.98 Å². The molecule has 2 aromatic heterocycles. The topological polar surface area (TPSA) is 75.7 Å². The van der Waals surface area contributed by atoms with Gasteiger partial charge in [-0.3, -0.25) is 0 Å². The van der Waals surface area contributed by atoms with Crippen LogP contribution in [-0.2, 0) is 9.84 Å². The van der Waals surface area contributed by atoms with Gasteiger partial charge in [-0.1, -0.05) is 12.1 Å². The van der Waals surface area contributed by atoms with E-state index in [0.717, 1.165) is 5.39 Å². The monoisotopic (exact) mass is 301 g/mol. The minimum atomic E-state index is -3.39. The number of aromatic amines is 1. The summed E-state index contributed by atoms with van der Waals surface area (Å²) in [6.45, 7) is 3.34. The summed E-state index contributed by atoms with van der Waals surface area (Å²) in [6.07, 6.45) is 3.47. The molecule has 0 aliphatic rings. The molecule has 0 aliphatic heterocycles. The number of H-pyrrole nitrogens is 1. The summed E-state index contributed by atoms with van der Waals surface area (Å²) < 4.78 is 25.0. The summed E-state index contributed by atoms with van der Waals surface area (Å²) in [7, 11) is -3.39. The average molecular weight is 301 g/mol. The quantitative estimate of drug-likeness (QED) is 0.807. The van der Waals surface area contributed by atoms with Crippen LogP contribution < -0.4 is 0 Å². The Bertz CT molecular complexity index is 898. The van der Waals surface area contributed by atoms with Crippen molar-refractivity contribution in [2.24, 2.45) is 0 Å². The molecule has 0 unspecified atom stereocenters. The number of hydrogen-bond donors (Lipinski definition) is 1. The molecule has 0 aliphatic carbocycles. The molecule has 1 N–H and O–H groups in total. The number of nitrogens with one attached hydrogen (secondary N) is 1. The molecule has 0 spiro atoms. The van der Waals surface area contributed by atoms with Gasteiger partial charge in [0.2, 0.25) is 0 Å². The molecule has 2 heterocycles. The molecular formula is C15H15N3O2S. The van der Waals surface area contributed by atoms with Crippen LogP contribution in [0.2, 0.25) is 0 Å². The SMILES string of the molecule is CC(C)S(=O)(=O)c1ccccc1-c1ncc2cc[nH]c2n1. The molecule has 108 valence electrons. The van der Waals surface area contributed by atoms with E-state index in [2.05, 4.69) is 15.0 Å². The van der Waals surface area contributed by atoms with Gasteiger partial charge >= 0.3 is 0 Å². The zero-order valence-corrected chi connectivity index (χ0v) is 12.6. The van der Waals surface area contributed by atoms with E-state index in [1.165, 1.54) is 0 Å². The van der Waals surface area contributed by atoms with Crippen molar-refractivity contribution >= 4 is 20.9 Å². The Morgan fingerprint density at radius 2 is 1.90 bits per heavy atom. The molecule has 3 aromatic rings. The van der Waals surface area contributed by atoms with E-state index in [-0.39, 0.29) is 4.90 Å². The van der Waals surface area contributed by atoms with E-state index in [1.54, 1.807) is 50.5 Å². The fourth-order valence-corrected chi connectivity index (χ4v) is 3.36. The third-order valence-corrected chi connectivity index (χ3v) is 5.57. The lowest BCUT2D eigenvalue weighted by molar-refractivity contribution is 0.587. The van der Waals surface area contributed by atoms with Gasteiger partial charge in [0.1, 0.15) is 5.65 Å². The summed E-state index contributed by atoms with van der Waals surface area (Å²) in [4.78, 5) is 12.0. The van der Waals surface area contributed by atoms with Crippen LogP contribution in [0.3, 0.4) is 0 Å². The maximum absolute atomic E-state index is 12.5. The minimum absolute atomic E-state index is 0.269. The second kappa shape index (κ2) is 4.96. The number of hydrogen-bond acceptors (Lipinski definition) is 4. The average Bonchev–Trinajstić information content (AvgIpc) is 2.94. The molecule has 0 saturated heterocycles. The minimum Gasteiger partial charge on any atom is -0.346 e. The lowest BCUT2D eigenvalue weighted by Crippen LogP contribution is -2.15. The first kappa shape index (κ1) is 13.8. The molecule has 5 nitrogen and oxygen atoms in total. The number of fused-ring (bicyclic) bond motifs is 1. The Hall–Kier alpha value is -2.21. The van der Waals surface area contributed by atoms with Crippen molar-refractivity contribution in [3.8, 4) is 11.4 Å². The maximum Gasteiger partial charge on any atom is 0.181 e. The van der Waals surface area contributed by atoms with Crippen molar-refractivity contribution in [2.45, 2.75) is 24.0 Å². The zero-order chi connectivity index (χ0) is 15.0. The van der Waals surface area contributed by atoms with Gasteiger partial charge in [-0.05, 0) is 32.0 Å². The fourth-order valence-electron chi connectivity index (χ4n) is 2.12. The summed E-state index contributed by atoms with van der Waals surface area (Å²) in [5.74, 6) is 0.407. The zero-order valence-electron chi connectivity index (χ0n) is 11.7. The lowest BCUT2D eigenvalue weighted by Gasteiger charge is -2.11. The molecular weight excluding hydrogens is 286 g/mol. The first-order valence-corrected chi connectivity index (χ1v) is 8.18. The highest BCUT2D eigenvalue weighted by Gasteiger charge is 2.24. The summed E-state index contributed by atoms with van der Waals surface area (Å²) >= 11 is 0. The molecule has 1 aromatic carbocycles. The lowest BCUT2D eigenvalue weighted by atomic mass is 10.2. The second-order valence-electron chi connectivity index (χ2n) is 5.07. The number of nitrogens with zero attached hydrogens (tertiary/aromatic N) is 2. The maximum atomic E-state index is 12.5. The highest BCUT2D eigenvalue weighted by Crippen LogP contribution is 2.28. The van der Waals surface area contributed by atoms with Crippen molar-refractivity contribution < 1.29 is 8.42 Å². The van der Waals surface area contributed by atoms with Crippen LogP contribution in [-0.4, -0.2) is 28.6 Å². The summed E-state index contributed by atoms with van der Waals surface area (Å²) in [6, 6.07) is 8.71. The van der Waals surface area contributed by atoms with Gasteiger partial charge in [-0.2, -0.15) is 0 Å². The number of aromatic nitrogens is 3. The van der Waals surface area contributed by atoms with Crippen LogP contribution in [0.1, 0.15) is 13.8 Å². The van der Waals surface area contributed by atoms with Crippen LogP contribution in [0.15, 0.2) is 47.6 Å². The Morgan fingerprint density at radius 3 is 2.67 bits per heavy atom. The molecule has 0 radical (unpaired) electrons.